The molecular weight excluding hydrogens is 282 g/mol. The second-order valence-electron chi connectivity index (χ2n) is 6.60. The van der Waals surface area contributed by atoms with Crippen molar-refractivity contribution in [3.05, 3.63) is 0 Å². The number of hydrogen-bond donors (Lipinski definition) is 0. The van der Waals surface area contributed by atoms with Crippen molar-refractivity contribution in [2.24, 2.45) is 5.92 Å². The first-order chi connectivity index (χ1) is 11.1. The molecule has 3 nitrogen and oxygen atoms in total. The first-order valence-electron chi connectivity index (χ1n) is 10.2. The molecule has 23 heavy (non-hydrogen) atoms. The van der Waals surface area contributed by atoms with Gasteiger partial charge in [0.05, 0.1) is 0 Å². The summed E-state index contributed by atoms with van der Waals surface area (Å²) in [6.45, 7) is 21.6. The zero-order chi connectivity index (χ0) is 18.1. The van der Waals surface area contributed by atoms with Crippen LogP contribution < -0.4 is 0 Å². The van der Waals surface area contributed by atoms with Gasteiger partial charge in [-0.1, -0.05) is 54.4 Å². The number of hydrogen-bond acceptors (Lipinski definition) is 3. The summed E-state index contributed by atoms with van der Waals surface area (Å²) in [7, 11) is 4.40. The zero-order valence-corrected chi connectivity index (χ0v) is 17.7. The fraction of sp³-hybridized carbons (Fsp3) is 1.00. The highest BCUT2D eigenvalue weighted by Gasteiger charge is 2.13. The molecule has 3 heteroatoms. The van der Waals surface area contributed by atoms with Crippen LogP contribution in [-0.2, 0) is 0 Å². The Morgan fingerprint density at radius 1 is 0.696 bits per heavy atom. The van der Waals surface area contributed by atoms with Gasteiger partial charge in [0.25, 0.3) is 0 Å². The minimum Gasteiger partial charge on any atom is -0.306 e. The monoisotopic (exact) mass is 329 g/mol. The number of piperidine rings is 1. The van der Waals surface area contributed by atoms with Crippen molar-refractivity contribution in [1.82, 2.24) is 14.7 Å². The minimum atomic E-state index is 1.03. The summed E-state index contributed by atoms with van der Waals surface area (Å²) in [6.07, 6.45) is 5.48. The van der Waals surface area contributed by atoms with Gasteiger partial charge in [-0.15, -0.1) is 0 Å². The SMILES string of the molecule is CC.CCC.CCC1CCN(C)CC1.CCN1CCN(C)CC1. The lowest BCUT2D eigenvalue weighted by Crippen LogP contribution is -2.44. The molecule has 0 aromatic heterocycles. The number of piperazine rings is 1. The zero-order valence-electron chi connectivity index (χ0n) is 17.7. The minimum absolute atomic E-state index is 1.03. The molecule has 2 rings (SSSR count). The molecule has 0 unspecified atom stereocenters. The number of likely N-dealkylation sites (N-methyl/N-ethyl adjacent to an activating group) is 2. The van der Waals surface area contributed by atoms with Crippen molar-refractivity contribution in [2.75, 3.05) is 59.9 Å². The van der Waals surface area contributed by atoms with Crippen LogP contribution in [0, 0.1) is 5.92 Å². The van der Waals surface area contributed by atoms with E-state index in [1.807, 2.05) is 13.8 Å². The predicted molar refractivity (Wildman–Crippen MR) is 107 cm³/mol. The Hall–Kier alpha value is -0.120. The van der Waals surface area contributed by atoms with E-state index in [1.54, 1.807) is 0 Å². The molecule has 2 aliphatic rings. The van der Waals surface area contributed by atoms with E-state index in [9.17, 15) is 0 Å². The van der Waals surface area contributed by atoms with Crippen molar-refractivity contribution in [1.29, 1.82) is 0 Å². The Morgan fingerprint density at radius 2 is 1.09 bits per heavy atom. The van der Waals surface area contributed by atoms with Crippen molar-refractivity contribution < 1.29 is 0 Å². The third-order valence-corrected chi connectivity index (χ3v) is 4.46. The Kier molecular flexibility index (Phi) is 19.9. The highest BCUT2D eigenvalue weighted by atomic mass is 15.2. The Bertz CT molecular complexity index is 183. The largest absolute Gasteiger partial charge is 0.306 e. The first kappa shape index (κ1) is 25.1. The van der Waals surface area contributed by atoms with E-state index < -0.39 is 0 Å². The maximum atomic E-state index is 2.49. The van der Waals surface area contributed by atoms with Gasteiger partial charge in [0.2, 0.25) is 0 Å². The van der Waals surface area contributed by atoms with E-state index in [-0.39, 0.29) is 0 Å². The molecule has 0 N–H and O–H groups in total. The maximum Gasteiger partial charge on any atom is 0.0110 e. The summed E-state index contributed by atoms with van der Waals surface area (Å²) in [5.41, 5.74) is 0. The highest BCUT2D eigenvalue weighted by Crippen LogP contribution is 2.18. The lowest BCUT2D eigenvalue weighted by atomic mass is 9.95. The van der Waals surface area contributed by atoms with E-state index in [0.717, 1.165) is 5.92 Å². The molecule has 2 fully saturated rings. The summed E-state index contributed by atoms with van der Waals surface area (Å²) in [6, 6.07) is 0. The molecule has 0 atom stereocenters. The van der Waals surface area contributed by atoms with Crippen LogP contribution in [0.4, 0.5) is 0 Å². The van der Waals surface area contributed by atoms with E-state index in [2.05, 4.69) is 56.5 Å². The summed E-state index contributed by atoms with van der Waals surface area (Å²) >= 11 is 0. The average Bonchev–Trinajstić information content (AvgIpc) is 2.59. The molecule has 0 radical (unpaired) electrons. The topological polar surface area (TPSA) is 9.72 Å². The van der Waals surface area contributed by atoms with Crippen LogP contribution in [0.1, 0.15) is 67.2 Å². The van der Waals surface area contributed by atoms with Gasteiger partial charge in [-0.05, 0) is 52.5 Å². The fourth-order valence-corrected chi connectivity index (χ4v) is 2.63. The van der Waals surface area contributed by atoms with Gasteiger partial charge in [-0.2, -0.15) is 0 Å². The highest BCUT2D eigenvalue weighted by molar-refractivity contribution is 4.68. The molecule has 2 saturated heterocycles. The van der Waals surface area contributed by atoms with E-state index in [0.29, 0.717) is 0 Å². The molecule has 0 bridgehead atoms. The van der Waals surface area contributed by atoms with Gasteiger partial charge in [-0.3, -0.25) is 0 Å². The van der Waals surface area contributed by atoms with E-state index in [4.69, 9.17) is 0 Å². The number of rotatable bonds is 2. The van der Waals surface area contributed by atoms with Crippen molar-refractivity contribution in [2.45, 2.75) is 67.2 Å². The average molecular weight is 330 g/mol. The molecule has 0 aromatic rings. The van der Waals surface area contributed by atoms with Gasteiger partial charge >= 0.3 is 0 Å². The van der Waals surface area contributed by atoms with E-state index >= 15 is 0 Å². The second-order valence-corrected chi connectivity index (χ2v) is 6.60. The third-order valence-electron chi connectivity index (χ3n) is 4.46. The second kappa shape index (κ2) is 18.2. The van der Waals surface area contributed by atoms with Gasteiger partial charge in [-0.25, -0.2) is 0 Å². The standard InChI is InChI=1S/C8H17N.C7H16N2.C3H8.C2H6/c1-3-8-4-6-9(2)7-5-8;1-3-9-6-4-8(2)5-7-9;1-3-2;1-2/h8H,3-7H2,1-2H3;3-7H2,1-2H3;3H2,1-2H3;1-2H3. The molecule has 0 saturated carbocycles. The first-order valence-corrected chi connectivity index (χ1v) is 10.2. The van der Waals surface area contributed by atoms with Crippen LogP contribution in [0.15, 0.2) is 0 Å². The van der Waals surface area contributed by atoms with Gasteiger partial charge in [0.15, 0.2) is 0 Å². The molecule has 142 valence electrons. The van der Waals surface area contributed by atoms with Crippen molar-refractivity contribution in [3.63, 3.8) is 0 Å². The van der Waals surface area contributed by atoms with Crippen LogP contribution >= 0.6 is 0 Å². The Labute approximate surface area is 148 Å². The fourth-order valence-electron chi connectivity index (χ4n) is 2.63. The smallest absolute Gasteiger partial charge is 0.0110 e. The molecule has 0 aromatic carbocycles. The predicted octanol–water partition coefficient (Wildman–Crippen LogP) is 4.43. The molecule has 0 amide bonds. The normalized spacial score (nSPS) is 20.3. The lowest BCUT2D eigenvalue weighted by molar-refractivity contribution is 0.160. The molecule has 2 aliphatic heterocycles. The van der Waals surface area contributed by atoms with Gasteiger partial charge in [0, 0.05) is 26.2 Å². The van der Waals surface area contributed by atoms with Crippen LogP contribution in [0.3, 0.4) is 0 Å². The maximum absolute atomic E-state index is 2.49. The van der Waals surface area contributed by atoms with Crippen LogP contribution in [0.25, 0.3) is 0 Å². The molecule has 2 heterocycles. The number of likely N-dealkylation sites (tertiary alicyclic amines) is 1. The van der Waals surface area contributed by atoms with Gasteiger partial charge < -0.3 is 14.7 Å². The summed E-state index contributed by atoms with van der Waals surface area (Å²) < 4.78 is 0. The van der Waals surface area contributed by atoms with Crippen LogP contribution in [-0.4, -0.2) is 74.6 Å². The molecular formula is C20H47N3. The summed E-state index contributed by atoms with van der Waals surface area (Å²) in [4.78, 5) is 7.29. The van der Waals surface area contributed by atoms with Crippen molar-refractivity contribution >= 4 is 0 Å². The molecule has 0 aliphatic carbocycles. The summed E-state index contributed by atoms with van der Waals surface area (Å²) in [5.74, 6) is 1.03. The summed E-state index contributed by atoms with van der Waals surface area (Å²) in [5, 5.41) is 0. The lowest BCUT2D eigenvalue weighted by Gasteiger charge is -2.31. The van der Waals surface area contributed by atoms with Crippen LogP contribution in [0.2, 0.25) is 0 Å². The van der Waals surface area contributed by atoms with Crippen LogP contribution in [0.5, 0.6) is 0 Å². The Balaban J connectivity index is 0. The van der Waals surface area contributed by atoms with Gasteiger partial charge in [0.1, 0.15) is 0 Å². The molecule has 0 spiro atoms. The quantitative estimate of drug-likeness (QED) is 0.742. The van der Waals surface area contributed by atoms with E-state index in [1.165, 1.54) is 71.5 Å². The third kappa shape index (κ3) is 15.2. The number of nitrogens with zero attached hydrogens (tertiary/aromatic N) is 3. The Morgan fingerprint density at radius 3 is 1.43 bits per heavy atom. The van der Waals surface area contributed by atoms with Crippen molar-refractivity contribution in [3.8, 4) is 0 Å².